The fourth-order valence-electron chi connectivity index (χ4n) is 2.30. The van der Waals surface area contributed by atoms with E-state index in [1.54, 1.807) is 13.0 Å². The lowest BCUT2D eigenvalue weighted by Crippen LogP contribution is -2.35. The third kappa shape index (κ3) is 3.44. The van der Waals surface area contributed by atoms with E-state index in [9.17, 15) is 9.59 Å². The van der Waals surface area contributed by atoms with Crippen molar-refractivity contribution in [1.29, 1.82) is 0 Å². The summed E-state index contributed by atoms with van der Waals surface area (Å²) in [4.78, 5) is 22.6. The Bertz CT molecular complexity index is 547. The van der Waals surface area contributed by atoms with Crippen LogP contribution in [0.15, 0.2) is 18.2 Å². The van der Waals surface area contributed by atoms with Crippen molar-refractivity contribution >= 4 is 35.1 Å². The van der Waals surface area contributed by atoms with E-state index in [1.807, 2.05) is 12.1 Å². The molecule has 0 radical (unpaired) electrons. The van der Waals surface area contributed by atoms with E-state index >= 15 is 0 Å². The third-order valence-corrected chi connectivity index (χ3v) is 4.21. The van der Waals surface area contributed by atoms with Gasteiger partial charge >= 0.3 is 5.97 Å². The van der Waals surface area contributed by atoms with E-state index in [0.29, 0.717) is 16.5 Å². The summed E-state index contributed by atoms with van der Waals surface area (Å²) in [6, 6.07) is 5.01. The highest BCUT2D eigenvalue weighted by atomic mass is 35.5. The Balaban J connectivity index is 1.96. The number of benzene rings is 1. The molecule has 0 aliphatic heterocycles. The predicted octanol–water partition coefficient (Wildman–Crippen LogP) is 3.08. The highest BCUT2D eigenvalue weighted by molar-refractivity contribution is 6.42. The molecule has 0 saturated heterocycles. The first kappa shape index (κ1) is 15.1. The van der Waals surface area contributed by atoms with Crippen LogP contribution in [0.4, 0.5) is 0 Å². The summed E-state index contributed by atoms with van der Waals surface area (Å²) in [5.41, 5.74) is 0.880. The lowest BCUT2D eigenvalue weighted by Gasteiger charge is -2.11. The van der Waals surface area contributed by atoms with Gasteiger partial charge in [0.2, 0.25) is 5.91 Å². The summed E-state index contributed by atoms with van der Waals surface area (Å²) in [6.07, 6.45) is 0.632. The van der Waals surface area contributed by atoms with Gasteiger partial charge in [-0.15, -0.1) is 0 Å². The normalized spacial score (nSPS) is 22.1. The molecule has 1 saturated carbocycles. The average Bonchev–Trinajstić information content (AvgIpc) is 3.11. The van der Waals surface area contributed by atoms with E-state index < -0.39 is 5.97 Å². The number of rotatable bonds is 5. The smallest absolute Gasteiger partial charge is 0.305 e. The van der Waals surface area contributed by atoms with Crippen LogP contribution in [0.3, 0.4) is 0 Å². The molecule has 1 amide bonds. The van der Waals surface area contributed by atoms with Crippen LogP contribution in [0.2, 0.25) is 10.0 Å². The molecule has 1 aliphatic rings. The van der Waals surface area contributed by atoms with Gasteiger partial charge in [0, 0.05) is 12.0 Å². The van der Waals surface area contributed by atoms with Gasteiger partial charge in [0.1, 0.15) is 0 Å². The molecule has 3 unspecified atom stereocenters. The van der Waals surface area contributed by atoms with E-state index in [-0.39, 0.29) is 30.2 Å². The van der Waals surface area contributed by atoms with Crippen LogP contribution in [0.5, 0.6) is 0 Å². The summed E-state index contributed by atoms with van der Waals surface area (Å²) < 4.78 is 0. The molecule has 0 aromatic heterocycles. The lowest BCUT2D eigenvalue weighted by atomic mass is 10.1. The van der Waals surface area contributed by atoms with Crippen molar-refractivity contribution < 1.29 is 14.7 Å². The van der Waals surface area contributed by atoms with Crippen molar-refractivity contribution in [3.8, 4) is 0 Å². The molecule has 108 valence electrons. The van der Waals surface area contributed by atoms with Crippen molar-refractivity contribution in [2.24, 2.45) is 5.92 Å². The molecule has 0 spiro atoms. The van der Waals surface area contributed by atoms with E-state index in [1.165, 1.54) is 0 Å². The summed E-state index contributed by atoms with van der Waals surface area (Å²) in [7, 11) is 0. The first-order chi connectivity index (χ1) is 9.40. The first-order valence-electron chi connectivity index (χ1n) is 6.36. The first-order valence-corrected chi connectivity index (χ1v) is 7.11. The molecule has 4 nitrogen and oxygen atoms in total. The lowest BCUT2D eigenvalue weighted by molar-refractivity contribution is -0.137. The Labute approximate surface area is 127 Å². The van der Waals surface area contributed by atoms with Crippen LogP contribution in [-0.2, 0) is 9.59 Å². The number of carbonyl (C=O) groups is 2. The van der Waals surface area contributed by atoms with Gasteiger partial charge in [0.05, 0.1) is 16.5 Å². The highest BCUT2D eigenvalue weighted by Crippen LogP contribution is 2.50. The monoisotopic (exact) mass is 315 g/mol. The Morgan fingerprint density at radius 2 is 2.15 bits per heavy atom. The van der Waals surface area contributed by atoms with Gasteiger partial charge in [-0.3, -0.25) is 9.59 Å². The van der Waals surface area contributed by atoms with E-state index in [0.717, 1.165) is 5.56 Å². The molecule has 20 heavy (non-hydrogen) atoms. The maximum absolute atomic E-state index is 12.0. The van der Waals surface area contributed by atoms with Crippen molar-refractivity contribution in [3.05, 3.63) is 33.8 Å². The minimum atomic E-state index is -0.928. The minimum absolute atomic E-state index is 0.0678. The second-order valence-corrected chi connectivity index (χ2v) is 5.88. The zero-order valence-electron chi connectivity index (χ0n) is 10.9. The number of nitrogens with one attached hydrogen (secondary N) is 1. The Kier molecular flexibility index (Phi) is 4.55. The van der Waals surface area contributed by atoms with Gasteiger partial charge in [-0.05, 0) is 30.9 Å². The molecule has 1 aromatic rings. The number of carboxylic acid groups (broad SMARTS) is 1. The zero-order valence-corrected chi connectivity index (χ0v) is 12.4. The standard InChI is InChI=1S/C14H15Cl2NO3/c1-7(5-12(18)19)17-14(20)10-6-9(10)8-3-2-4-11(15)13(8)16/h2-4,7,9-10H,5-6H2,1H3,(H,17,20)(H,18,19). The van der Waals surface area contributed by atoms with Crippen LogP contribution in [0.25, 0.3) is 0 Å². The SMILES string of the molecule is CC(CC(=O)O)NC(=O)C1CC1c1cccc(Cl)c1Cl. The number of hydrogen-bond donors (Lipinski definition) is 2. The van der Waals surface area contributed by atoms with Crippen LogP contribution in [0, 0.1) is 5.92 Å². The van der Waals surface area contributed by atoms with Gasteiger partial charge in [0.15, 0.2) is 0 Å². The average molecular weight is 316 g/mol. The quantitative estimate of drug-likeness (QED) is 0.877. The van der Waals surface area contributed by atoms with Crippen LogP contribution in [0.1, 0.15) is 31.2 Å². The second-order valence-electron chi connectivity index (χ2n) is 5.10. The fraction of sp³-hybridized carbons (Fsp3) is 0.429. The molecule has 2 N–H and O–H groups in total. The third-order valence-electron chi connectivity index (χ3n) is 3.38. The molecule has 1 aromatic carbocycles. The van der Waals surface area contributed by atoms with Gasteiger partial charge in [-0.2, -0.15) is 0 Å². The number of carbonyl (C=O) groups excluding carboxylic acids is 1. The molecule has 0 bridgehead atoms. The van der Waals surface area contributed by atoms with Gasteiger partial charge in [-0.25, -0.2) is 0 Å². The van der Waals surface area contributed by atoms with Crippen LogP contribution < -0.4 is 5.32 Å². The molecule has 3 atom stereocenters. The minimum Gasteiger partial charge on any atom is -0.481 e. The van der Waals surface area contributed by atoms with Crippen molar-refractivity contribution in [2.75, 3.05) is 0 Å². The number of hydrogen-bond acceptors (Lipinski definition) is 2. The number of halogens is 2. The van der Waals surface area contributed by atoms with Gasteiger partial charge in [0.25, 0.3) is 0 Å². The van der Waals surface area contributed by atoms with Gasteiger partial charge < -0.3 is 10.4 Å². The number of carboxylic acids is 1. The van der Waals surface area contributed by atoms with E-state index in [2.05, 4.69) is 5.32 Å². The van der Waals surface area contributed by atoms with Crippen molar-refractivity contribution in [3.63, 3.8) is 0 Å². The summed E-state index contributed by atoms with van der Waals surface area (Å²) >= 11 is 12.1. The molecular weight excluding hydrogens is 301 g/mol. The largest absolute Gasteiger partial charge is 0.481 e. The Hall–Kier alpha value is -1.26. The molecule has 6 heteroatoms. The number of aliphatic carboxylic acids is 1. The summed E-state index contributed by atoms with van der Waals surface area (Å²) in [6.45, 7) is 1.68. The second kappa shape index (κ2) is 6.02. The van der Waals surface area contributed by atoms with Crippen LogP contribution >= 0.6 is 23.2 Å². The van der Waals surface area contributed by atoms with E-state index in [4.69, 9.17) is 28.3 Å². The Morgan fingerprint density at radius 1 is 1.45 bits per heavy atom. The maximum Gasteiger partial charge on any atom is 0.305 e. The fourth-order valence-corrected chi connectivity index (χ4v) is 2.75. The molecule has 1 aliphatic carbocycles. The molecule has 2 rings (SSSR count). The summed E-state index contributed by atoms with van der Waals surface area (Å²) in [5, 5.41) is 12.4. The van der Waals surface area contributed by atoms with Crippen molar-refractivity contribution in [1.82, 2.24) is 5.32 Å². The Morgan fingerprint density at radius 3 is 2.80 bits per heavy atom. The van der Waals surface area contributed by atoms with Gasteiger partial charge in [-0.1, -0.05) is 35.3 Å². The topological polar surface area (TPSA) is 66.4 Å². The molecule has 1 fully saturated rings. The maximum atomic E-state index is 12.0. The highest BCUT2D eigenvalue weighted by Gasteiger charge is 2.45. The molecular formula is C14H15Cl2NO3. The predicted molar refractivity (Wildman–Crippen MR) is 77.2 cm³/mol. The summed E-state index contributed by atoms with van der Waals surface area (Å²) in [5.74, 6) is -1.14. The molecule has 0 heterocycles. The van der Waals surface area contributed by atoms with Crippen molar-refractivity contribution in [2.45, 2.75) is 31.7 Å². The number of amides is 1. The van der Waals surface area contributed by atoms with Crippen LogP contribution in [-0.4, -0.2) is 23.0 Å². The zero-order chi connectivity index (χ0) is 14.9.